The predicted octanol–water partition coefficient (Wildman–Crippen LogP) is 4.08. The van der Waals surface area contributed by atoms with Gasteiger partial charge in [0.2, 0.25) is 0 Å². The molecule has 0 aliphatic heterocycles. The van der Waals surface area contributed by atoms with Crippen LogP contribution in [0.1, 0.15) is 11.1 Å². The van der Waals surface area contributed by atoms with Gasteiger partial charge < -0.3 is 10.6 Å². The van der Waals surface area contributed by atoms with Crippen LogP contribution in [-0.4, -0.2) is 11.0 Å². The molecule has 1 aromatic carbocycles. The second kappa shape index (κ2) is 6.65. The van der Waals surface area contributed by atoms with Crippen molar-refractivity contribution in [3.63, 3.8) is 0 Å². The smallest absolute Gasteiger partial charge is 0.334 e. The van der Waals surface area contributed by atoms with Crippen LogP contribution in [0.2, 0.25) is 5.02 Å². The van der Waals surface area contributed by atoms with E-state index in [-0.39, 0.29) is 12.2 Å². The number of amides is 2. The number of nitrogens with zero attached hydrogens (tertiary/aromatic N) is 1. The first-order chi connectivity index (χ1) is 10.4. The molecule has 2 rings (SSSR count). The monoisotopic (exact) mass is 329 g/mol. The van der Waals surface area contributed by atoms with Crippen molar-refractivity contribution in [3.8, 4) is 0 Å². The van der Waals surface area contributed by atoms with Gasteiger partial charge in [0.15, 0.2) is 0 Å². The van der Waals surface area contributed by atoms with E-state index < -0.39 is 22.8 Å². The van der Waals surface area contributed by atoms with Crippen LogP contribution in [0.15, 0.2) is 42.7 Å². The summed E-state index contributed by atoms with van der Waals surface area (Å²) in [5.41, 5.74) is -0.232. The number of rotatable bonds is 3. The number of pyridine rings is 1. The Morgan fingerprint density at radius 3 is 2.68 bits per heavy atom. The minimum Gasteiger partial charge on any atom is -0.334 e. The van der Waals surface area contributed by atoms with E-state index in [1.807, 2.05) is 0 Å². The molecule has 0 fully saturated rings. The first kappa shape index (κ1) is 16.1. The number of urea groups is 1. The predicted molar refractivity (Wildman–Crippen MR) is 76.5 cm³/mol. The fourth-order valence-corrected chi connectivity index (χ4v) is 1.91. The average Bonchev–Trinajstić information content (AvgIpc) is 2.47. The van der Waals surface area contributed by atoms with Gasteiger partial charge in [-0.05, 0) is 29.8 Å². The topological polar surface area (TPSA) is 54.0 Å². The third kappa shape index (κ3) is 4.36. The minimum atomic E-state index is -4.58. The van der Waals surface area contributed by atoms with E-state index in [0.717, 1.165) is 17.7 Å². The second-order valence-corrected chi connectivity index (χ2v) is 4.77. The van der Waals surface area contributed by atoms with Gasteiger partial charge in [-0.3, -0.25) is 4.98 Å². The molecule has 116 valence electrons. The lowest BCUT2D eigenvalue weighted by molar-refractivity contribution is -0.137. The Morgan fingerprint density at radius 1 is 1.27 bits per heavy atom. The van der Waals surface area contributed by atoms with Crippen molar-refractivity contribution in [3.05, 3.63) is 58.9 Å². The van der Waals surface area contributed by atoms with Crippen LogP contribution in [-0.2, 0) is 12.7 Å². The van der Waals surface area contributed by atoms with Gasteiger partial charge in [0.25, 0.3) is 0 Å². The van der Waals surface area contributed by atoms with Gasteiger partial charge in [0.05, 0.1) is 10.6 Å². The number of carbonyl (C=O) groups is 1. The molecule has 2 aromatic rings. The van der Waals surface area contributed by atoms with Gasteiger partial charge in [-0.2, -0.15) is 13.2 Å². The van der Waals surface area contributed by atoms with Crippen LogP contribution in [0.25, 0.3) is 0 Å². The maximum Gasteiger partial charge on any atom is 0.417 e. The van der Waals surface area contributed by atoms with Crippen molar-refractivity contribution in [2.24, 2.45) is 0 Å². The SMILES string of the molecule is O=C(NCc1cccnc1)Nc1ccc(Cl)c(C(F)(F)F)c1. The fourth-order valence-electron chi connectivity index (χ4n) is 1.68. The second-order valence-electron chi connectivity index (χ2n) is 4.36. The van der Waals surface area contributed by atoms with Crippen molar-refractivity contribution in [1.82, 2.24) is 10.3 Å². The molecule has 0 bridgehead atoms. The third-order valence-electron chi connectivity index (χ3n) is 2.71. The Bertz CT molecular complexity index is 662. The Morgan fingerprint density at radius 2 is 2.05 bits per heavy atom. The highest BCUT2D eigenvalue weighted by atomic mass is 35.5. The van der Waals surface area contributed by atoms with E-state index in [1.165, 1.54) is 6.07 Å². The van der Waals surface area contributed by atoms with Gasteiger partial charge in [-0.25, -0.2) is 4.79 Å². The molecule has 0 spiro atoms. The zero-order chi connectivity index (χ0) is 16.2. The lowest BCUT2D eigenvalue weighted by Gasteiger charge is -2.12. The molecule has 1 heterocycles. The normalized spacial score (nSPS) is 11.1. The van der Waals surface area contributed by atoms with E-state index in [1.54, 1.807) is 24.5 Å². The minimum absolute atomic E-state index is 0.000381. The van der Waals surface area contributed by atoms with E-state index >= 15 is 0 Å². The molecule has 4 nitrogen and oxygen atoms in total. The highest BCUT2D eigenvalue weighted by Crippen LogP contribution is 2.36. The number of anilines is 1. The number of halogens is 4. The van der Waals surface area contributed by atoms with Crippen molar-refractivity contribution < 1.29 is 18.0 Å². The van der Waals surface area contributed by atoms with E-state index in [9.17, 15) is 18.0 Å². The van der Waals surface area contributed by atoms with Crippen molar-refractivity contribution in [1.29, 1.82) is 0 Å². The van der Waals surface area contributed by atoms with Gasteiger partial charge in [0, 0.05) is 24.6 Å². The first-order valence-corrected chi connectivity index (χ1v) is 6.54. The summed E-state index contributed by atoms with van der Waals surface area (Å²) in [5.74, 6) is 0. The van der Waals surface area contributed by atoms with Gasteiger partial charge in [-0.1, -0.05) is 17.7 Å². The summed E-state index contributed by atoms with van der Waals surface area (Å²) < 4.78 is 38.1. The summed E-state index contributed by atoms with van der Waals surface area (Å²) in [5, 5.41) is 4.42. The number of aromatic nitrogens is 1. The zero-order valence-electron chi connectivity index (χ0n) is 11.1. The molecule has 8 heteroatoms. The van der Waals surface area contributed by atoms with Gasteiger partial charge in [0.1, 0.15) is 0 Å². The number of carbonyl (C=O) groups excluding carboxylic acids is 1. The molecule has 22 heavy (non-hydrogen) atoms. The number of hydrogen-bond donors (Lipinski definition) is 2. The molecule has 0 saturated carbocycles. The molecular formula is C14H11ClF3N3O. The Kier molecular flexibility index (Phi) is 4.87. The van der Waals surface area contributed by atoms with Crippen LogP contribution in [0.3, 0.4) is 0 Å². The summed E-state index contributed by atoms with van der Waals surface area (Å²) in [4.78, 5) is 15.6. The van der Waals surface area contributed by atoms with Crippen LogP contribution in [0, 0.1) is 0 Å². The number of alkyl halides is 3. The molecule has 0 radical (unpaired) electrons. The van der Waals surface area contributed by atoms with Crippen molar-refractivity contribution >= 4 is 23.3 Å². The summed E-state index contributed by atoms with van der Waals surface area (Å²) in [7, 11) is 0. The first-order valence-electron chi connectivity index (χ1n) is 6.17. The average molecular weight is 330 g/mol. The Hall–Kier alpha value is -2.28. The molecule has 2 N–H and O–H groups in total. The maximum atomic E-state index is 12.7. The molecular weight excluding hydrogens is 319 g/mol. The van der Waals surface area contributed by atoms with E-state index in [0.29, 0.717) is 0 Å². The van der Waals surface area contributed by atoms with Crippen LogP contribution >= 0.6 is 11.6 Å². The highest BCUT2D eigenvalue weighted by molar-refractivity contribution is 6.31. The number of benzene rings is 1. The number of nitrogens with one attached hydrogen (secondary N) is 2. The number of hydrogen-bond acceptors (Lipinski definition) is 2. The molecule has 0 atom stereocenters. The highest BCUT2D eigenvalue weighted by Gasteiger charge is 2.33. The van der Waals surface area contributed by atoms with Crippen LogP contribution < -0.4 is 10.6 Å². The zero-order valence-corrected chi connectivity index (χ0v) is 11.9. The lowest BCUT2D eigenvalue weighted by atomic mass is 10.2. The molecule has 0 aliphatic carbocycles. The third-order valence-corrected chi connectivity index (χ3v) is 3.04. The van der Waals surface area contributed by atoms with Gasteiger partial charge in [-0.15, -0.1) is 0 Å². The molecule has 2 amide bonds. The quantitative estimate of drug-likeness (QED) is 0.891. The maximum absolute atomic E-state index is 12.7. The summed E-state index contributed by atoms with van der Waals surface area (Å²) >= 11 is 5.50. The molecule has 0 unspecified atom stereocenters. The molecule has 1 aromatic heterocycles. The van der Waals surface area contributed by atoms with Crippen LogP contribution in [0.4, 0.5) is 23.7 Å². The van der Waals surface area contributed by atoms with Crippen LogP contribution in [0.5, 0.6) is 0 Å². The largest absolute Gasteiger partial charge is 0.417 e. The Labute approximate surface area is 129 Å². The lowest BCUT2D eigenvalue weighted by Crippen LogP contribution is -2.28. The Balaban J connectivity index is 2.00. The van der Waals surface area contributed by atoms with Crippen molar-refractivity contribution in [2.45, 2.75) is 12.7 Å². The molecule has 0 saturated heterocycles. The van der Waals surface area contributed by atoms with Crippen molar-refractivity contribution in [2.75, 3.05) is 5.32 Å². The van der Waals surface area contributed by atoms with E-state index in [4.69, 9.17) is 11.6 Å². The summed E-state index contributed by atoms with van der Waals surface area (Å²) in [6.45, 7) is 0.208. The summed E-state index contributed by atoms with van der Waals surface area (Å²) in [6, 6.07) is 6.01. The van der Waals surface area contributed by atoms with E-state index in [2.05, 4.69) is 15.6 Å². The van der Waals surface area contributed by atoms with Gasteiger partial charge >= 0.3 is 12.2 Å². The summed E-state index contributed by atoms with van der Waals surface area (Å²) in [6.07, 6.45) is -1.42. The molecule has 0 aliphatic rings. The standard InChI is InChI=1S/C14H11ClF3N3O/c15-12-4-3-10(6-11(12)14(16,17)18)21-13(22)20-8-9-2-1-5-19-7-9/h1-7H,8H2,(H2,20,21,22). The fraction of sp³-hybridized carbons (Fsp3) is 0.143.